The topological polar surface area (TPSA) is 117 Å². The molecule has 8 nitrogen and oxygen atoms in total. The van der Waals surface area contributed by atoms with Gasteiger partial charge in [-0.2, -0.15) is 0 Å². The first-order valence-corrected chi connectivity index (χ1v) is 12.7. The molecule has 1 aliphatic rings. The minimum Gasteiger partial charge on any atom is -0.342 e. The lowest BCUT2D eigenvalue weighted by molar-refractivity contribution is -0.131. The molecule has 3 aromatic rings. The number of anilines is 2. The van der Waals surface area contributed by atoms with Crippen LogP contribution in [0.2, 0.25) is 0 Å². The molecule has 1 aliphatic heterocycles. The van der Waals surface area contributed by atoms with Crippen molar-refractivity contribution in [3.8, 4) is 11.1 Å². The molecule has 2 atom stereocenters. The van der Waals surface area contributed by atoms with E-state index in [1.165, 1.54) is 0 Å². The van der Waals surface area contributed by atoms with Crippen molar-refractivity contribution in [2.75, 3.05) is 17.3 Å². The minimum atomic E-state index is -1.09. The molecule has 0 fully saturated rings. The fraction of sp³-hybridized carbons (Fsp3) is 0.300. The Bertz CT molecular complexity index is 1330. The molecule has 38 heavy (non-hydrogen) atoms. The SMILES string of the molecule is CNC(=O)Nc1ccccc1-c1ccc(CN2C(=O)C(NC(=O)C(C)(C)N)C(C)Cc3ccccc32)cc1. The average molecular weight is 514 g/mol. The number of fused-ring (bicyclic) bond motifs is 1. The van der Waals surface area contributed by atoms with E-state index >= 15 is 0 Å². The third kappa shape index (κ3) is 5.86. The van der Waals surface area contributed by atoms with Gasteiger partial charge in [0.2, 0.25) is 11.8 Å². The fourth-order valence-electron chi connectivity index (χ4n) is 4.64. The summed E-state index contributed by atoms with van der Waals surface area (Å²) < 4.78 is 0. The van der Waals surface area contributed by atoms with Gasteiger partial charge in [-0.15, -0.1) is 0 Å². The van der Waals surface area contributed by atoms with E-state index in [9.17, 15) is 14.4 Å². The smallest absolute Gasteiger partial charge is 0.318 e. The van der Waals surface area contributed by atoms with E-state index in [0.717, 1.165) is 27.9 Å². The maximum Gasteiger partial charge on any atom is 0.318 e. The molecule has 198 valence electrons. The third-order valence-electron chi connectivity index (χ3n) is 6.81. The van der Waals surface area contributed by atoms with Gasteiger partial charge < -0.3 is 26.6 Å². The zero-order valence-electron chi connectivity index (χ0n) is 22.2. The largest absolute Gasteiger partial charge is 0.342 e. The number of nitrogens with one attached hydrogen (secondary N) is 3. The number of nitrogens with zero attached hydrogens (tertiary/aromatic N) is 1. The highest BCUT2D eigenvalue weighted by Gasteiger charge is 2.37. The number of hydrogen-bond donors (Lipinski definition) is 4. The Morgan fingerprint density at radius 3 is 2.34 bits per heavy atom. The van der Waals surface area contributed by atoms with Crippen LogP contribution in [0.3, 0.4) is 0 Å². The number of carbonyl (C=O) groups is 3. The quantitative estimate of drug-likeness (QED) is 0.398. The van der Waals surface area contributed by atoms with E-state index in [4.69, 9.17) is 5.73 Å². The lowest BCUT2D eigenvalue weighted by Gasteiger charge is -2.30. The number of para-hydroxylation sites is 2. The molecule has 0 spiro atoms. The van der Waals surface area contributed by atoms with Gasteiger partial charge in [-0.25, -0.2) is 4.79 Å². The molecule has 0 aliphatic carbocycles. The molecule has 0 saturated heterocycles. The Kier molecular flexibility index (Phi) is 7.83. The average Bonchev–Trinajstić information content (AvgIpc) is 2.99. The second-order valence-electron chi connectivity index (χ2n) is 10.4. The molecule has 4 rings (SSSR count). The van der Waals surface area contributed by atoms with Gasteiger partial charge in [-0.1, -0.05) is 67.6 Å². The monoisotopic (exact) mass is 513 g/mol. The lowest BCUT2D eigenvalue weighted by Crippen LogP contribution is -2.58. The highest BCUT2D eigenvalue weighted by Crippen LogP contribution is 2.32. The van der Waals surface area contributed by atoms with Crippen molar-refractivity contribution in [1.29, 1.82) is 0 Å². The van der Waals surface area contributed by atoms with Gasteiger partial charge in [-0.3, -0.25) is 9.59 Å². The van der Waals surface area contributed by atoms with Crippen molar-refractivity contribution in [3.05, 3.63) is 83.9 Å². The second kappa shape index (κ2) is 11.1. The Morgan fingerprint density at radius 1 is 1.00 bits per heavy atom. The molecular formula is C30H35N5O3. The van der Waals surface area contributed by atoms with Crippen LogP contribution in [0.1, 0.15) is 31.9 Å². The van der Waals surface area contributed by atoms with Crippen LogP contribution in [0.4, 0.5) is 16.2 Å². The number of benzene rings is 3. The summed E-state index contributed by atoms with van der Waals surface area (Å²) in [5.74, 6) is -0.627. The molecule has 0 aromatic heterocycles. The molecule has 8 heteroatoms. The summed E-state index contributed by atoms with van der Waals surface area (Å²) >= 11 is 0. The first-order valence-electron chi connectivity index (χ1n) is 12.7. The van der Waals surface area contributed by atoms with Gasteiger partial charge in [0.25, 0.3) is 0 Å². The van der Waals surface area contributed by atoms with Crippen molar-refractivity contribution < 1.29 is 14.4 Å². The molecule has 2 unspecified atom stereocenters. The standard InChI is InChI=1S/C30H35N5O3/c1-19-17-22-9-5-8-12-25(22)35(27(36)26(19)34-28(37)30(2,3)31)18-20-13-15-21(16-14-20)23-10-6-7-11-24(23)33-29(38)32-4/h5-16,19,26H,17-18,31H2,1-4H3,(H,34,37)(H2,32,33,38). The number of carbonyl (C=O) groups excluding carboxylic acids is 3. The Hall–Kier alpha value is -4.17. The molecule has 4 amide bonds. The van der Waals surface area contributed by atoms with E-state index < -0.39 is 11.6 Å². The summed E-state index contributed by atoms with van der Waals surface area (Å²) in [5.41, 5.74) is 10.3. The van der Waals surface area contributed by atoms with E-state index in [1.807, 2.05) is 79.7 Å². The minimum absolute atomic E-state index is 0.105. The number of urea groups is 1. The molecule has 0 saturated carbocycles. The Morgan fingerprint density at radius 2 is 1.66 bits per heavy atom. The molecular weight excluding hydrogens is 478 g/mol. The van der Waals surface area contributed by atoms with Crippen LogP contribution in [0.15, 0.2) is 72.8 Å². The molecule has 0 radical (unpaired) electrons. The van der Waals surface area contributed by atoms with Crippen LogP contribution in [0, 0.1) is 5.92 Å². The summed E-state index contributed by atoms with van der Waals surface area (Å²) in [4.78, 5) is 40.2. The summed E-state index contributed by atoms with van der Waals surface area (Å²) in [6.45, 7) is 5.58. The highest BCUT2D eigenvalue weighted by molar-refractivity contribution is 6.01. The van der Waals surface area contributed by atoms with E-state index in [-0.39, 0.29) is 23.8 Å². The van der Waals surface area contributed by atoms with Gasteiger partial charge in [0.15, 0.2) is 0 Å². The van der Waals surface area contributed by atoms with Crippen molar-refractivity contribution >= 4 is 29.2 Å². The maximum absolute atomic E-state index is 13.9. The number of nitrogens with two attached hydrogens (primary N) is 1. The van der Waals surface area contributed by atoms with E-state index in [0.29, 0.717) is 18.7 Å². The van der Waals surface area contributed by atoms with Crippen molar-refractivity contribution in [2.24, 2.45) is 11.7 Å². The molecule has 5 N–H and O–H groups in total. The predicted octanol–water partition coefficient (Wildman–Crippen LogP) is 4.05. The number of hydrogen-bond acceptors (Lipinski definition) is 4. The summed E-state index contributed by atoms with van der Waals surface area (Å²) in [5, 5.41) is 8.33. The fourth-order valence-corrected chi connectivity index (χ4v) is 4.64. The van der Waals surface area contributed by atoms with Gasteiger partial charge >= 0.3 is 6.03 Å². The first kappa shape index (κ1) is 26.9. The summed E-state index contributed by atoms with van der Waals surface area (Å²) in [7, 11) is 1.57. The van der Waals surface area contributed by atoms with Gasteiger partial charge in [-0.05, 0) is 55.0 Å². The zero-order valence-corrected chi connectivity index (χ0v) is 22.2. The van der Waals surface area contributed by atoms with Crippen LogP contribution in [-0.4, -0.2) is 36.5 Å². The van der Waals surface area contributed by atoms with E-state index in [2.05, 4.69) is 16.0 Å². The lowest BCUT2D eigenvalue weighted by atomic mass is 9.93. The van der Waals surface area contributed by atoms with Crippen molar-refractivity contribution in [2.45, 2.75) is 45.3 Å². The van der Waals surface area contributed by atoms with Crippen LogP contribution in [0.25, 0.3) is 11.1 Å². The normalized spacial score (nSPS) is 17.3. The maximum atomic E-state index is 13.9. The van der Waals surface area contributed by atoms with Crippen molar-refractivity contribution in [3.63, 3.8) is 0 Å². The van der Waals surface area contributed by atoms with Crippen LogP contribution in [0.5, 0.6) is 0 Å². The van der Waals surface area contributed by atoms with Crippen LogP contribution >= 0.6 is 0 Å². The Balaban J connectivity index is 1.63. The van der Waals surface area contributed by atoms with Gasteiger partial charge in [0.1, 0.15) is 6.04 Å². The predicted molar refractivity (Wildman–Crippen MR) is 151 cm³/mol. The van der Waals surface area contributed by atoms with Crippen LogP contribution in [-0.2, 0) is 22.6 Å². The third-order valence-corrected chi connectivity index (χ3v) is 6.81. The number of rotatable bonds is 6. The second-order valence-corrected chi connectivity index (χ2v) is 10.4. The van der Waals surface area contributed by atoms with Crippen LogP contribution < -0.4 is 26.6 Å². The Labute approximate surface area is 223 Å². The zero-order chi connectivity index (χ0) is 27.4. The highest BCUT2D eigenvalue weighted by atomic mass is 16.2. The van der Waals surface area contributed by atoms with E-state index in [1.54, 1.807) is 25.8 Å². The first-order chi connectivity index (χ1) is 18.1. The summed E-state index contributed by atoms with van der Waals surface area (Å²) in [6, 6.07) is 22.4. The molecule has 1 heterocycles. The molecule has 3 aromatic carbocycles. The summed E-state index contributed by atoms with van der Waals surface area (Å²) in [6.07, 6.45) is 0.655. The number of amides is 4. The molecule has 0 bridgehead atoms. The van der Waals surface area contributed by atoms with Gasteiger partial charge in [0, 0.05) is 18.3 Å². The van der Waals surface area contributed by atoms with Gasteiger partial charge in [0.05, 0.1) is 17.8 Å². The van der Waals surface area contributed by atoms with Crippen molar-refractivity contribution in [1.82, 2.24) is 10.6 Å².